The Hall–Kier alpha value is -2.35. The predicted molar refractivity (Wildman–Crippen MR) is 74.2 cm³/mol. The van der Waals surface area contributed by atoms with Crippen LogP contribution in [0.2, 0.25) is 0 Å². The molecule has 2 aromatic rings. The van der Waals surface area contributed by atoms with Crippen LogP contribution in [0.15, 0.2) is 18.2 Å². The van der Waals surface area contributed by atoms with E-state index < -0.39 is 23.1 Å². The molecule has 120 valence electrons. The summed E-state index contributed by atoms with van der Waals surface area (Å²) in [5.41, 5.74) is 6.47. The molecule has 23 heavy (non-hydrogen) atoms. The van der Waals surface area contributed by atoms with Crippen molar-refractivity contribution in [3.05, 3.63) is 34.9 Å². The number of nitrogen functional groups attached to an aromatic ring is 1. The Balaban J connectivity index is 1.86. The molecule has 0 radical (unpaired) electrons. The molecule has 2 heterocycles. The standard InChI is InChI=1S/C15H12F3N3O2/c16-15(17,18)7-1-2-8(10(22)5-7)12-9-6-23-14(3-4-14)11(9)13(19)21-20-12/h1-2,5,22H,3-4,6H2,(H2,19,21). The summed E-state index contributed by atoms with van der Waals surface area (Å²) >= 11 is 0. The maximum atomic E-state index is 12.7. The highest BCUT2D eigenvalue weighted by molar-refractivity contribution is 5.73. The molecule has 2 aliphatic rings. The summed E-state index contributed by atoms with van der Waals surface area (Å²) in [5, 5.41) is 17.9. The van der Waals surface area contributed by atoms with E-state index in [2.05, 4.69) is 10.2 Å². The van der Waals surface area contributed by atoms with Gasteiger partial charge >= 0.3 is 6.18 Å². The van der Waals surface area contributed by atoms with E-state index in [-0.39, 0.29) is 18.0 Å². The molecule has 1 aromatic carbocycles. The van der Waals surface area contributed by atoms with Gasteiger partial charge in [-0.2, -0.15) is 13.2 Å². The van der Waals surface area contributed by atoms with Gasteiger partial charge in [0.1, 0.15) is 11.4 Å². The quantitative estimate of drug-likeness (QED) is 0.843. The number of anilines is 1. The van der Waals surface area contributed by atoms with Gasteiger partial charge in [0.2, 0.25) is 0 Å². The molecule has 1 aliphatic carbocycles. The molecule has 0 bridgehead atoms. The number of hydrogen-bond acceptors (Lipinski definition) is 5. The number of halogens is 3. The van der Waals surface area contributed by atoms with Gasteiger partial charge in [-0.05, 0) is 31.0 Å². The largest absolute Gasteiger partial charge is 0.507 e. The number of benzene rings is 1. The Morgan fingerprint density at radius 3 is 2.57 bits per heavy atom. The lowest BCUT2D eigenvalue weighted by atomic mass is 9.98. The zero-order valence-electron chi connectivity index (χ0n) is 11.8. The van der Waals surface area contributed by atoms with Crippen LogP contribution in [0.25, 0.3) is 11.3 Å². The third kappa shape index (κ3) is 2.05. The molecule has 0 saturated heterocycles. The summed E-state index contributed by atoms with van der Waals surface area (Å²) in [6.45, 7) is 0.255. The van der Waals surface area contributed by atoms with Crippen molar-refractivity contribution in [2.24, 2.45) is 0 Å². The predicted octanol–water partition coefficient (Wildman–Crippen LogP) is 2.97. The number of phenolic OH excluding ortho intramolecular Hbond substituents is 1. The topological polar surface area (TPSA) is 81.3 Å². The minimum absolute atomic E-state index is 0.183. The van der Waals surface area contributed by atoms with Crippen LogP contribution in [0.3, 0.4) is 0 Å². The average Bonchev–Trinajstić information content (AvgIpc) is 3.14. The van der Waals surface area contributed by atoms with Crippen LogP contribution in [0.1, 0.15) is 29.5 Å². The molecular weight excluding hydrogens is 311 g/mol. The van der Waals surface area contributed by atoms with Crippen molar-refractivity contribution in [3.8, 4) is 17.0 Å². The van der Waals surface area contributed by atoms with E-state index >= 15 is 0 Å². The first kappa shape index (κ1) is 14.3. The van der Waals surface area contributed by atoms with E-state index in [4.69, 9.17) is 10.5 Å². The van der Waals surface area contributed by atoms with Crippen molar-refractivity contribution in [2.75, 3.05) is 5.73 Å². The van der Waals surface area contributed by atoms with E-state index in [1.165, 1.54) is 6.07 Å². The number of phenols is 1. The summed E-state index contributed by atoms with van der Waals surface area (Å²) in [4.78, 5) is 0. The normalized spacial score (nSPS) is 18.2. The summed E-state index contributed by atoms with van der Waals surface area (Å²) in [6, 6.07) is 2.78. The van der Waals surface area contributed by atoms with Gasteiger partial charge in [0, 0.05) is 16.7 Å². The minimum Gasteiger partial charge on any atom is -0.507 e. The number of alkyl halides is 3. The SMILES string of the molecule is Nc1nnc(-c2ccc(C(F)(F)F)cc2O)c2c1C1(CC1)OC2. The van der Waals surface area contributed by atoms with E-state index in [9.17, 15) is 18.3 Å². The van der Waals surface area contributed by atoms with Gasteiger partial charge in [0.15, 0.2) is 5.82 Å². The molecule has 0 unspecified atom stereocenters. The smallest absolute Gasteiger partial charge is 0.416 e. The highest BCUT2D eigenvalue weighted by Gasteiger charge is 2.53. The summed E-state index contributed by atoms with van der Waals surface area (Å²) in [7, 11) is 0. The van der Waals surface area contributed by atoms with Gasteiger partial charge in [-0.25, -0.2) is 0 Å². The molecule has 1 spiro atoms. The van der Waals surface area contributed by atoms with Crippen molar-refractivity contribution in [2.45, 2.75) is 31.2 Å². The third-order valence-electron chi connectivity index (χ3n) is 4.33. The Bertz CT molecular complexity index is 816. The Morgan fingerprint density at radius 1 is 1.22 bits per heavy atom. The van der Waals surface area contributed by atoms with Crippen LogP contribution in [0.4, 0.5) is 19.0 Å². The Kier molecular flexibility index (Phi) is 2.69. The lowest BCUT2D eigenvalue weighted by Crippen LogP contribution is -2.10. The number of aromatic nitrogens is 2. The fourth-order valence-electron chi connectivity index (χ4n) is 3.05. The van der Waals surface area contributed by atoms with Crippen LogP contribution in [-0.2, 0) is 23.1 Å². The fraction of sp³-hybridized carbons (Fsp3) is 0.333. The Morgan fingerprint density at radius 2 is 1.96 bits per heavy atom. The van der Waals surface area contributed by atoms with E-state index in [0.717, 1.165) is 24.5 Å². The minimum atomic E-state index is -4.52. The summed E-state index contributed by atoms with van der Waals surface area (Å²) in [5.74, 6) is -0.233. The molecular formula is C15H12F3N3O2. The molecule has 1 saturated carbocycles. The van der Waals surface area contributed by atoms with Crippen molar-refractivity contribution in [3.63, 3.8) is 0 Å². The lowest BCUT2D eigenvalue weighted by molar-refractivity contribution is -0.137. The lowest BCUT2D eigenvalue weighted by Gasteiger charge is -2.13. The molecule has 8 heteroatoms. The van der Waals surface area contributed by atoms with Crippen molar-refractivity contribution < 1.29 is 23.0 Å². The van der Waals surface area contributed by atoms with Crippen LogP contribution in [-0.4, -0.2) is 15.3 Å². The zero-order chi connectivity index (χ0) is 16.4. The highest BCUT2D eigenvalue weighted by Crippen LogP contribution is 2.57. The van der Waals surface area contributed by atoms with E-state index in [0.29, 0.717) is 17.3 Å². The first-order chi connectivity index (χ1) is 10.8. The van der Waals surface area contributed by atoms with Gasteiger partial charge in [-0.1, -0.05) is 0 Å². The van der Waals surface area contributed by atoms with Crippen LogP contribution in [0, 0.1) is 0 Å². The van der Waals surface area contributed by atoms with Crippen molar-refractivity contribution >= 4 is 5.82 Å². The molecule has 5 nitrogen and oxygen atoms in total. The van der Waals surface area contributed by atoms with Crippen molar-refractivity contribution in [1.82, 2.24) is 10.2 Å². The maximum absolute atomic E-state index is 12.7. The number of hydrogen-bond donors (Lipinski definition) is 2. The molecule has 3 N–H and O–H groups in total. The molecule has 0 amide bonds. The first-order valence-corrected chi connectivity index (χ1v) is 7.02. The van der Waals surface area contributed by atoms with E-state index in [1.807, 2.05) is 0 Å². The maximum Gasteiger partial charge on any atom is 0.416 e. The average molecular weight is 323 g/mol. The van der Waals surface area contributed by atoms with Gasteiger partial charge in [0.05, 0.1) is 17.8 Å². The Labute approximate surface area is 128 Å². The zero-order valence-corrected chi connectivity index (χ0v) is 11.8. The number of nitrogens with two attached hydrogens (primary N) is 1. The summed E-state index contributed by atoms with van der Waals surface area (Å²) in [6.07, 6.45) is -2.87. The van der Waals surface area contributed by atoms with Gasteiger partial charge in [0.25, 0.3) is 0 Å². The summed E-state index contributed by atoms with van der Waals surface area (Å²) < 4.78 is 43.9. The van der Waals surface area contributed by atoms with Gasteiger partial charge in [-0.15, -0.1) is 10.2 Å². The number of fused-ring (bicyclic) bond motifs is 2. The van der Waals surface area contributed by atoms with Gasteiger partial charge in [-0.3, -0.25) is 0 Å². The van der Waals surface area contributed by atoms with Crippen molar-refractivity contribution in [1.29, 1.82) is 0 Å². The number of nitrogens with zero attached hydrogens (tertiary/aromatic N) is 2. The first-order valence-electron chi connectivity index (χ1n) is 7.02. The van der Waals surface area contributed by atoms with Gasteiger partial charge < -0.3 is 15.6 Å². The van der Waals surface area contributed by atoms with E-state index in [1.54, 1.807) is 0 Å². The fourth-order valence-corrected chi connectivity index (χ4v) is 3.05. The second-order valence-electron chi connectivity index (χ2n) is 5.80. The second-order valence-corrected chi connectivity index (χ2v) is 5.80. The molecule has 1 aliphatic heterocycles. The van der Waals surface area contributed by atoms with Crippen LogP contribution >= 0.6 is 0 Å². The number of aromatic hydroxyl groups is 1. The van der Waals surface area contributed by atoms with Crippen LogP contribution in [0.5, 0.6) is 5.75 Å². The molecule has 0 atom stereocenters. The molecule has 1 aromatic heterocycles. The highest BCUT2D eigenvalue weighted by atomic mass is 19.4. The molecule has 1 fully saturated rings. The molecule has 4 rings (SSSR count). The number of ether oxygens (including phenoxy) is 1. The number of rotatable bonds is 1. The third-order valence-corrected chi connectivity index (χ3v) is 4.33. The van der Waals surface area contributed by atoms with Crippen LogP contribution < -0.4 is 5.73 Å². The monoisotopic (exact) mass is 323 g/mol. The second kappa shape index (κ2) is 4.35.